The van der Waals surface area contributed by atoms with Crippen LogP contribution in [0.4, 0.5) is 5.69 Å². The Morgan fingerprint density at radius 3 is 1.44 bits per heavy atom. The van der Waals surface area contributed by atoms with Crippen molar-refractivity contribution in [3.63, 3.8) is 0 Å². The van der Waals surface area contributed by atoms with Crippen LogP contribution in [0.5, 0.6) is 46.0 Å². The number of halogens is 1. The molecule has 7 nitrogen and oxygen atoms in total. The number of rotatable bonds is 4. The number of nitrogens with two attached hydrogens (primary N) is 1. The van der Waals surface area contributed by atoms with E-state index < -0.39 is 0 Å². The number of nitrogen functional groups attached to an aromatic ring is 1. The second-order valence-corrected chi connectivity index (χ2v) is 8.50. The summed E-state index contributed by atoms with van der Waals surface area (Å²) >= 11 is 2.26. The zero-order valence-corrected chi connectivity index (χ0v) is 20.1. The summed E-state index contributed by atoms with van der Waals surface area (Å²) < 4.78 is 33.6. The van der Waals surface area contributed by atoms with Crippen molar-refractivity contribution in [3.8, 4) is 46.0 Å². The van der Waals surface area contributed by atoms with Crippen LogP contribution >= 0.6 is 22.6 Å². The van der Waals surface area contributed by atoms with E-state index >= 15 is 0 Å². The van der Waals surface area contributed by atoms with E-state index in [2.05, 4.69) is 22.6 Å². The molecule has 0 atom stereocenters. The first-order valence-corrected chi connectivity index (χ1v) is 11.5. The molecular weight excluding hydrogens is 549 g/mol. The van der Waals surface area contributed by atoms with E-state index in [1.54, 1.807) is 18.2 Å². The van der Waals surface area contributed by atoms with Gasteiger partial charge in [0.15, 0.2) is 23.0 Å². The molecule has 0 radical (unpaired) electrons. The number of benzene rings is 4. The molecule has 0 fully saturated rings. The highest BCUT2D eigenvalue weighted by molar-refractivity contribution is 14.1. The second-order valence-electron chi connectivity index (χ2n) is 7.26. The van der Waals surface area contributed by atoms with Gasteiger partial charge in [-0.15, -0.1) is 0 Å². The summed E-state index contributed by atoms with van der Waals surface area (Å²) in [4.78, 5) is 0. The predicted octanol–water partition coefficient (Wildman–Crippen LogP) is 6.60. The Labute approximate surface area is 210 Å². The summed E-state index contributed by atoms with van der Waals surface area (Å²) in [5.41, 5.74) is 6.31. The van der Waals surface area contributed by atoms with Crippen LogP contribution in [0.2, 0.25) is 0 Å². The molecule has 4 aromatic carbocycles. The van der Waals surface area contributed by atoms with Gasteiger partial charge in [-0.25, -0.2) is 0 Å². The predicted molar refractivity (Wildman–Crippen MR) is 135 cm³/mol. The van der Waals surface area contributed by atoms with Crippen molar-refractivity contribution in [1.29, 1.82) is 0 Å². The molecule has 0 saturated heterocycles. The molecule has 0 aromatic heterocycles. The molecule has 2 aliphatic heterocycles. The van der Waals surface area contributed by atoms with Crippen molar-refractivity contribution in [1.82, 2.24) is 0 Å². The highest BCUT2D eigenvalue weighted by atomic mass is 127. The Bertz CT molecular complexity index is 1180. The lowest BCUT2D eigenvalue weighted by Gasteiger charge is -2.06. The minimum atomic E-state index is 0.265. The average molecular weight is 569 g/mol. The first-order chi connectivity index (χ1) is 16.6. The van der Waals surface area contributed by atoms with Crippen LogP contribution in [0, 0.1) is 3.57 Å². The number of fused-ring (bicyclic) bond motifs is 2. The van der Waals surface area contributed by atoms with Gasteiger partial charge in [-0.3, -0.25) is 0 Å². The van der Waals surface area contributed by atoms with E-state index in [-0.39, 0.29) is 13.6 Å². The number of hydrogen-bond acceptors (Lipinski definition) is 7. The second kappa shape index (κ2) is 10.0. The van der Waals surface area contributed by atoms with E-state index in [4.69, 9.17) is 34.2 Å². The fourth-order valence-corrected chi connectivity index (χ4v) is 3.55. The maximum Gasteiger partial charge on any atom is 0.231 e. The summed E-state index contributed by atoms with van der Waals surface area (Å²) in [5.74, 6) is 5.94. The first kappa shape index (κ1) is 22.0. The van der Waals surface area contributed by atoms with Gasteiger partial charge in [0.2, 0.25) is 13.6 Å². The molecule has 0 saturated carbocycles. The third kappa shape index (κ3) is 5.40. The Kier molecular flexibility index (Phi) is 6.48. The number of ether oxygens (including phenoxy) is 6. The van der Waals surface area contributed by atoms with Crippen molar-refractivity contribution in [2.45, 2.75) is 0 Å². The minimum Gasteiger partial charge on any atom is -0.457 e. The normalized spacial score (nSPS) is 12.5. The summed E-state index contributed by atoms with van der Waals surface area (Å²) in [6.07, 6.45) is 0. The lowest BCUT2D eigenvalue weighted by Crippen LogP contribution is -1.92. The van der Waals surface area contributed by atoms with Crippen LogP contribution in [0.25, 0.3) is 0 Å². The monoisotopic (exact) mass is 569 g/mol. The van der Waals surface area contributed by atoms with Crippen LogP contribution in [0.1, 0.15) is 0 Å². The van der Waals surface area contributed by atoms with Gasteiger partial charge in [-0.2, -0.15) is 0 Å². The van der Waals surface area contributed by atoms with Gasteiger partial charge in [-0.05, 0) is 95.4 Å². The molecule has 0 aliphatic carbocycles. The van der Waals surface area contributed by atoms with Gasteiger partial charge in [-0.1, -0.05) is 0 Å². The zero-order valence-electron chi connectivity index (χ0n) is 17.9. The molecule has 2 heterocycles. The molecule has 34 heavy (non-hydrogen) atoms. The lowest BCUT2D eigenvalue weighted by atomic mass is 10.3. The minimum absolute atomic E-state index is 0.265. The maximum absolute atomic E-state index is 5.72. The largest absolute Gasteiger partial charge is 0.457 e. The fourth-order valence-electron chi connectivity index (χ4n) is 3.19. The molecular formula is C26H20INO6. The van der Waals surface area contributed by atoms with E-state index in [1.165, 1.54) is 3.57 Å². The molecule has 6 rings (SSSR count). The summed E-state index contributed by atoms with van der Waals surface area (Å²) in [5, 5.41) is 0. The fraction of sp³-hybridized carbons (Fsp3) is 0.0769. The molecule has 4 aromatic rings. The van der Waals surface area contributed by atoms with Crippen LogP contribution in [0.15, 0.2) is 84.9 Å². The average Bonchev–Trinajstić information content (AvgIpc) is 3.51. The summed E-state index contributed by atoms with van der Waals surface area (Å²) in [6.45, 7) is 0.545. The van der Waals surface area contributed by atoms with Crippen molar-refractivity contribution in [2.75, 3.05) is 19.3 Å². The summed E-state index contributed by atoms with van der Waals surface area (Å²) in [6, 6.07) is 26.1. The molecule has 0 amide bonds. The SMILES string of the molecule is Ic1ccc(Oc2ccc3c(c2)OCO3)cc1.Nc1ccc(Oc2ccc3c(c2)OCO3)cc1. The molecule has 0 unspecified atom stereocenters. The Balaban J connectivity index is 0.000000142. The van der Waals surface area contributed by atoms with Crippen molar-refractivity contribution < 1.29 is 28.4 Å². The van der Waals surface area contributed by atoms with Crippen molar-refractivity contribution >= 4 is 28.3 Å². The Morgan fingerprint density at radius 1 is 0.529 bits per heavy atom. The first-order valence-electron chi connectivity index (χ1n) is 10.4. The standard InChI is InChI=1S/C13H9IO3.C13H11NO3/c2*14-9-1-3-10(4-2-9)17-11-5-6-12-13(7-11)16-8-15-12/h1-7H,8H2;1-7H,8,14H2. The van der Waals surface area contributed by atoms with Gasteiger partial charge in [0.05, 0.1) is 0 Å². The van der Waals surface area contributed by atoms with E-state index in [0.29, 0.717) is 17.2 Å². The molecule has 0 spiro atoms. The van der Waals surface area contributed by atoms with Crippen LogP contribution < -0.4 is 34.2 Å². The Hall–Kier alpha value is -3.79. The van der Waals surface area contributed by atoms with Crippen molar-refractivity contribution in [2.24, 2.45) is 0 Å². The van der Waals surface area contributed by atoms with Crippen LogP contribution in [-0.4, -0.2) is 13.6 Å². The van der Waals surface area contributed by atoms with E-state index in [0.717, 1.165) is 34.5 Å². The van der Waals surface area contributed by atoms with Gasteiger partial charge in [0, 0.05) is 21.4 Å². The van der Waals surface area contributed by atoms with Gasteiger partial charge < -0.3 is 34.2 Å². The van der Waals surface area contributed by atoms with Crippen LogP contribution in [-0.2, 0) is 0 Å². The highest BCUT2D eigenvalue weighted by Crippen LogP contribution is 2.37. The maximum atomic E-state index is 5.72. The smallest absolute Gasteiger partial charge is 0.231 e. The molecule has 172 valence electrons. The topological polar surface area (TPSA) is 81.4 Å². The third-order valence-electron chi connectivity index (χ3n) is 4.85. The van der Waals surface area contributed by atoms with E-state index in [1.807, 2.05) is 66.7 Å². The third-order valence-corrected chi connectivity index (χ3v) is 5.57. The highest BCUT2D eigenvalue weighted by Gasteiger charge is 2.14. The molecule has 8 heteroatoms. The summed E-state index contributed by atoms with van der Waals surface area (Å²) in [7, 11) is 0. The molecule has 2 N–H and O–H groups in total. The quantitative estimate of drug-likeness (QED) is 0.219. The number of hydrogen-bond donors (Lipinski definition) is 1. The lowest BCUT2D eigenvalue weighted by molar-refractivity contribution is 0.173. The van der Waals surface area contributed by atoms with Crippen LogP contribution in [0.3, 0.4) is 0 Å². The van der Waals surface area contributed by atoms with Crippen molar-refractivity contribution in [3.05, 3.63) is 88.5 Å². The number of anilines is 1. The molecule has 0 bridgehead atoms. The van der Waals surface area contributed by atoms with E-state index in [9.17, 15) is 0 Å². The van der Waals surface area contributed by atoms with Gasteiger partial charge in [0.25, 0.3) is 0 Å². The van der Waals surface area contributed by atoms with Gasteiger partial charge >= 0.3 is 0 Å². The van der Waals surface area contributed by atoms with Gasteiger partial charge in [0.1, 0.15) is 23.0 Å². The molecule has 2 aliphatic rings. The zero-order chi connectivity index (χ0) is 23.3. The Morgan fingerprint density at radius 2 is 0.941 bits per heavy atom.